The fraction of sp³-hybridized carbons (Fsp3) is 0. The summed E-state index contributed by atoms with van der Waals surface area (Å²) >= 11 is 32.7. The summed E-state index contributed by atoms with van der Waals surface area (Å²) in [4.78, 5) is 0. The average molecular weight is 677 g/mol. The van der Waals surface area contributed by atoms with Crippen LogP contribution < -0.4 is 29.5 Å². The minimum Gasteiger partial charge on any atom is -0.422 e. The zero-order valence-corrected chi connectivity index (χ0v) is 25.0. The number of hydrogen-bond acceptors (Lipinski definition) is 7. The molecule has 0 aromatic heterocycles. The summed E-state index contributed by atoms with van der Waals surface area (Å²) in [6.07, 6.45) is -11.5. The van der Waals surface area contributed by atoms with Gasteiger partial charge in [0, 0.05) is 83.4 Å². The lowest BCUT2D eigenvalue weighted by atomic mass is 10.3. The van der Waals surface area contributed by atoms with Gasteiger partial charge in [0.25, 0.3) is 0 Å². The third-order valence-electron chi connectivity index (χ3n) is 4.24. The second kappa shape index (κ2) is 11.2. The Hall–Kier alpha value is -0.280. The van der Waals surface area contributed by atoms with Crippen molar-refractivity contribution in [3.63, 3.8) is 0 Å². The molecule has 0 spiro atoms. The second-order valence-electron chi connectivity index (χ2n) is 6.61. The van der Waals surface area contributed by atoms with E-state index in [9.17, 15) is 18.3 Å². The maximum atomic E-state index is 14.6. The zero-order chi connectivity index (χ0) is 26.1. The Morgan fingerprint density at radius 3 is 0.771 bits per heavy atom. The van der Waals surface area contributed by atoms with E-state index in [-0.39, 0.29) is 17.2 Å². The van der Waals surface area contributed by atoms with E-state index in [1.165, 1.54) is 72.8 Å². The first-order chi connectivity index (χ1) is 16.1. The molecule has 0 aliphatic heterocycles. The fourth-order valence-corrected chi connectivity index (χ4v) is 8.10. The van der Waals surface area contributed by atoms with Gasteiger partial charge in [-0.3, -0.25) is 0 Å². The molecule has 0 aliphatic rings. The lowest BCUT2D eigenvalue weighted by molar-refractivity contribution is 0.512. The van der Waals surface area contributed by atoms with Crippen LogP contribution in [0.3, 0.4) is 0 Å². The standard InChI is InChI=1S/C18H12Cl6O7P4/c19-33(20,26)29-13-1-7-16(8-2-13)32(25,17-9-3-14(4-10-17)30-34(21,22)27)18-11-5-15(6-12-18)31-35(23,24)28/h1-12H. The highest BCUT2D eigenvalue weighted by Crippen LogP contribution is 2.58. The maximum Gasteiger partial charge on any atom is 0.428 e. The Kier molecular flexibility index (Phi) is 9.39. The van der Waals surface area contributed by atoms with E-state index in [0.717, 1.165) is 0 Å². The molecule has 17 heteroatoms. The summed E-state index contributed by atoms with van der Waals surface area (Å²) in [6.45, 7) is 0. The van der Waals surface area contributed by atoms with Crippen LogP contribution in [0.4, 0.5) is 0 Å². The van der Waals surface area contributed by atoms with Crippen molar-refractivity contribution in [2.45, 2.75) is 0 Å². The van der Waals surface area contributed by atoms with Crippen LogP contribution in [0.2, 0.25) is 0 Å². The molecule has 0 saturated carbocycles. The molecule has 0 unspecified atom stereocenters. The fourth-order valence-electron chi connectivity index (χ4n) is 2.97. The van der Waals surface area contributed by atoms with Crippen LogP contribution in [-0.2, 0) is 18.3 Å². The minimum absolute atomic E-state index is 0.0982. The Morgan fingerprint density at radius 1 is 0.400 bits per heavy atom. The molecule has 0 radical (unpaired) electrons. The Balaban J connectivity index is 2.08. The molecule has 0 heterocycles. The van der Waals surface area contributed by atoms with Crippen molar-refractivity contribution >= 4 is 109 Å². The molecule has 3 aromatic rings. The maximum absolute atomic E-state index is 14.6. The van der Waals surface area contributed by atoms with E-state index in [4.69, 9.17) is 81.0 Å². The highest BCUT2D eigenvalue weighted by Gasteiger charge is 2.31. The van der Waals surface area contributed by atoms with Gasteiger partial charge in [-0.1, -0.05) is 0 Å². The van der Waals surface area contributed by atoms with E-state index in [0.29, 0.717) is 15.9 Å². The first kappa shape index (κ1) is 29.3. The summed E-state index contributed by atoms with van der Waals surface area (Å²) in [5.41, 5.74) is 0. The molecule has 0 amide bonds. The monoisotopic (exact) mass is 674 g/mol. The molecule has 0 saturated heterocycles. The molecule has 188 valence electrons. The van der Waals surface area contributed by atoms with E-state index < -0.39 is 25.4 Å². The van der Waals surface area contributed by atoms with Crippen LogP contribution in [0.1, 0.15) is 0 Å². The molecule has 35 heavy (non-hydrogen) atoms. The lowest BCUT2D eigenvalue weighted by Crippen LogP contribution is -2.25. The van der Waals surface area contributed by atoms with Crippen LogP contribution in [-0.4, -0.2) is 0 Å². The van der Waals surface area contributed by atoms with Gasteiger partial charge in [0.15, 0.2) is 7.14 Å². The smallest absolute Gasteiger partial charge is 0.422 e. The Labute approximate surface area is 229 Å². The lowest BCUT2D eigenvalue weighted by Gasteiger charge is -2.21. The summed E-state index contributed by atoms with van der Waals surface area (Å²) in [5, 5.41) is 1.06. The van der Waals surface area contributed by atoms with E-state index >= 15 is 0 Å². The molecule has 0 N–H and O–H groups in total. The van der Waals surface area contributed by atoms with Gasteiger partial charge in [0.2, 0.25) is 0 Å². The van der Waals surface area contributed by atoms with Gasteiger partial charge in [0.05, 0.1) is 0 Å². The number of halogens is 6. The topological polar surface area (TPSA) is 96.0 Å². The first-order valence-electron chi connectivity index (χ1n) is 9.04. The molecule has 3 aromatic carbocycles. The largest absolute Gasteiger partial charge is 0.428 e. The van der Waals surface area contributed by atoms with Crippen molar-refractivity contribution in [2.75, 3.05) is 0 Å². The number of rotatable bonds is 9. The highest BCUT2D eigenvalue weighted by atomic mass is 35.9. The SMILES string of the molecule is O=P(Cl)(Cl)Oc1ccc(P(=O)(c2ccc(OP(=O)(Cl)Cl)cc2)c2ccc(OP(=O)(Cl)Cl)cc2)cc1. The molecule has 0 bridgehead atoms. The predicted molar refractivity (Wildman–Crippen MR) is 146 cm³/mol. The van der Waals surface area contributed by atoms with Crippen LogP contribution in [0, 0.1) is 0 Å². The Bertz CT molecular complexity index is 1210. The molecule has 0 aliphatic carbocycles. The highest BCUT2D eigenvalue weighted by molar-refractivity contribution is 8.06. The summed E-state index contributed by atoms with van der Waals surface area (Å²) in [7, 11) is -3.56. The third kappa shape index (κ3) is 8.62. The van der Waals surface area contributed by atoms with Gasteiger partial charge in [-0.2, -0.15) is 0 Å². The van der Waals surface area contributed by atoms with Crippen molar-refractivity contribution in [2.24, 2.45) is 0 Å². The van der Waals surface area contributed by atoms with Crippen molar-refractivity contribution in [3.8, 4) is 17.2 Å². The molecular formula is C18H12Cl6O7P4. The van der Waals surface area contributed by atoms with Crippen molar-refractivity contribution in [1.29, 1.82) is 0 Å². The van der Waals surface area contributed by atoms with E-state index in [1.54, 1.807) is 0 Å². The van der Waals surface area contributed by atoms with Crippen LogP contribution >= 0.6 is 92.8 Å². The van der Waals surface area contributed by atoms with Gasteiger partial charge in [0.1, 0.15) is 17.2 Å². The Morgan fingerprint density at radius 2 is 0.600 bits per heavy atom. The first-order valence-corrected chi connectivity index (χ1v) is 21.1. The molecular weight excluding hydrogens is 665 g/mol. The van der Waals surface area contributed by atoms with Crippen LogP contribution in [0.5, 0.6) is 17.2 Å². The molecule has 3 rings (SSSR count). The van der Waals surface area contributed by atoms with Gasteiger partial charge < -0.3 is 18.1 Å². The van der Waals surface area contributed by atoms with Crippen molar-refractivity contribution < 1.29 is 31.8 Å². The van der Waals surface area contributed by atoms with Gasteiger partial charge in [-0.05, 0) is 72.8 Å². The molecule has 7 nitrogen and oxygen atoms in total. The minimum atomic E-state index is -3.85. The molecule has 0 atom stereocenters. The quantitative estimate of drug-likeness (QED) is 0.209. The van der Waals surface area contributed by atoms with Crippen LogP contribution in [0.25, 0.3) is 0 Å². The van der Waals surface area contributed by atoms with Gasteiger partial charge in [-0.15, -0.1) is 0 Å². The van der Waals surface area contributed by atoms with Gasteiger partial charge in [-0.25, -0.2) is 13.7 Å². The summed E-state index contributed by atoms with van der Waals surface area (Å²) < 4.78 is 64.0. The predicted octanol–water partition coefficient (Wildman–Crippen LogP) is 9.22. The number of hydrogen-bond donors (Lipinski definition) is 0. The molecule has 0 fully saturated rings. The van der Waals surface area contributed by atoms with Crippen LogP contribution in [0.15, 0.2) is 72.8 Å². The normalized spacial score (nSPS) is 12.7. The number of benzene rings is 3. The van der Waals surface area contributed by atoms with Crippen molar-refractivity contribution in [1.82, 2.24) is 0 Å². The van der Waals surface area contributed by atoms with Crippen molar-refractivity contribution in [3.05, 3.63) is 72.8 Å². The third-order valence-corrected chi connectivity index (χ3v) is 9.82. The average Bonchev–Trinajstić information content (AvgIpc) is 2.71. The second-order valence-corrected chi connectivity index (χ2v) is 22.0. The summed E-state index contributed by atoms with van der Waals surface area (Å²) in [5.74, 6) is 0.295. The van der Waals surface area contributed by atoms with Gasteiger partial charge >= 0.3 is 18.2 Å². The summed E-state index contributed by atoms with van der Waals surface area (Å²) in [6, 6.07) is 17.4. The van der Waals surface area contributed by atoms with E-state index in [1.807, 2.05) is 0 Å². The zero-order valence-electron chi connectivity index (χ0n) is 16.8. The van der Waals surface area contributed by atoms with E-state index in [2.05, 4.69) is 0 Å².